The number of fused-ring (bicyclic) bond motifs is 1. The summed E-state index contributed by atoms with van der Waals surface area (Å²) in [6.07, 6.45) is 0.890. The zero-order chi connectivity index (χ0) is 10.8. The summed E-state index contributed by atoms with van der Waals surface area (Å²) >= 11 is 0. The van der Waals surface area contributed by atoms with Gasteiger partial charge in [0.15, 0.2) is 0 Å². The molecule has 0 saturated heterocycles. The summed E-state index contributed by atoms with van der Waals surface area (Å²) in [7, 11) is 0. The molecule has 1 aliphatic rings. The van der Waals surface area contributed by atoms with Gasteiger partial charge >= 0.3 is 0 Å². The number of aliphatic hydroxyl groups excluding tert-OH is 1. The number of benzene rings is 1. The van der Waals surface area contributed by atoms with Gasteiger partial charge in [-0.05, 0) is 25.0 Å². The van der Waals surface area contributed by atoms with E-state index in [2.05, 4.69) is 0 Å². The van der Waals surface area contributed by atoms with Crippen LogP contribution in [-0.4, -0.2) is 35.6 Å². The minimum atomic E-state index is 0.0346. The quantitative estimate of drug-likeness (QED) is 0.782. The Morgan fingerprint density at radius 1 is 1.47 bits per heavy atom. The molecule has 80 valence electrons. The monoisotopic (exact) mass is 205 g/mol. The summed E-state index contributed by atoms with van der Waals surface area (Å²) in [5, 5.41) is 8.84. The number of hydrogen-bond donors (Lipinski definition) is 1. The fraction of sp³-hybridized carbons (Fsp3) is 0.417. The van der Waals surface area contributed by atoms with Crippen molar-refractivity contribution >= 4 is 5.91 Å². The second kappa shape index (κ2) is 4.03. The smallest absolute Gasteiger partial charge is 0.254 e. The third kappa shape index (κ3) is 1.88. The van der Waals surface area contributed by atoms with Crippen LogP contribution in [0.5, 0.6) is 0 Å². The molecule has 1 aromatic rings. The fourth-order valence-electron chi connectivity index (χ4n) is 1.97. The van der Waals surface area contributed by atoms with Crippen molar-refractivity contribution in [3.05, 3.63) is 34.9 Å². The van der Waals surface area contributed by atoms with Gasteiger partial charge in [0.05, 0.1) is 6.61 Å². The van der Waals surface area contributed by atoms with Gasteiger partial charge in [-0.25, -0.2) is 0 Å². The maximum absolute atomic E-state index is 12.0. The standard InChI is InChI=1S/C12H15NO2/c1-9-2-3-10-4-5-13(6-7-14)12(15)11(10)8-9/h2-3,8,14H,4-7H2,1H3. The van der Waals surface area contributed by atoms with Crippen LogP contribution in [0.2, 0.25) is 0 Å². The zero-order valence-corrected chi connectivity index (χ0v) is 8.86. The lowest BCUT2D eigenvalue weighted by molar-refractivity contribution is 0.0705. The van der Waals surface area contributed by atoms with E-state index in [4.69, 9.17) is 5.11 Å². The molecule has 2 rings (SSSR count). The SMILES string of the molecule is Cc1ccc2c(c1)C(=O)N(CCO)CC2. The van der Waals surface area contributed by atoms with Crippen LogP contribution in [0.15, 0.2) is 18.2 Å². The van der Waals surface area contributed by atoms with Crippen LogP contribution in [0.4, 0.5) is 0 Å². The van der Waals surface area contributed by atoms with Crippen molar-refractivity contribution in [3.8, 4) is 0 Å². The minimum absolute atomic E-state index is 0.0346. The van der Waals surface area contributed by atoms with E-state index in [1.807, 2.05) is 25.1 Å². The van der Waals surface area contributed by atoms with Crippen molar-refractivity contribution in [2.45, 2.75) is 13.3 Å². The van der Waals surface area contributed by atoms with Gasteiger partial charge in [0.25, 0.3) is 5.91 Å². The van der Waals surface area contributed by atoms with Crippen molar-refractivity contribution in [1.82, 2.24) is 4.90 Å². The number of hydrogen-bond acceptors (Lipinski definition) is 2. The van der Waals surface area contributed by atoms with Gasteiger partial charge in [-0.2, -0.15) is 0 Å². The van der Waals surface area contributed by atoms with Gasteiger partial charge in [-0.1, -0.05) is 17.7 Å². The number of aliphatic hydroxyl groups is 1. The Hall–Kier alpha value is -1.35. The van der Waals surface area contributed by atoms with Gasteiger partial charge < -0.3 is 10.0 Å². The van der Waals surface area contributed by atoms with E-state index in [0.29, 0.717) is 6.54 Å². The van der Waals surface area contributed by atoms with Gasteiger partial charge in [0.1, 0.15) is 0 Å². The number of aryl methyl sites for hydroxylation is 1. The van der Waals surface area contributed by atoms with Crippen LogP contribution in [0.3, 0.4) is 0 Å². The molecule has 1 aliphatic heterocycles. The molecule has 0 bridgehead atoms. The number of carbonyl (C=O) groups excluding carboxylic acids is 1. The molecule has 0 saturated carbocycles. The number of carbonyl (C=O) groups is 1. The molecule has 1 heterocycles. The van der Waals surface area contributed by atoms with Crippen molar-refractivity contribution in [2.75, 3.05) is 19.7 Å². The van der Waals surface area contributed by atoms with Crippen molar-refractivity contribution in [1.29, 1.82) is 0 Å². The first-order chi connectivity index (χ1) is 7.22. The Kier molecular flexibility index (Phi) is 2.73. The lowest BCUT2D eigenvalue weighted by Gasteiger charge is -2.28. The molecule has 0 aromatic heterocycles. The van der Waals surface area contributed by atoms with E-state index in [9.17, 15) is 4.79 Å². The summed E-state index contributed by atoms with van der Waals surface area (Å²) in [5.74, 6) is 0.0500. The molecule has 0 unspecified atom stereocenters. The van der Waals surface area contributed by atoms with Crippen LogP contribution >= 0.6 is 0 Å². The average Bonchev–Trinajstić information content (AvgIpc) is 2.23. The largest absolute Gasteiger partial charge is 0.395 e. The van der Waals surface area contributed by atoms with Crippen molar-refractivity contribution in [3.63, 3.8) is 0 Å². The number of β-amino-alcohol motifs (C(OH)–C–C–N with tert-alkyl or cyclic N) is 1. The molecule has 0 radical (unpaired) electrons. The van der Waals surface area contributed by atoms with E-state index < -0.39 is 0 Å². The first-order valence-corrected chi connectivity index (χ1v) is 5.22. The first kappa shape index (κ1) is 10.2. The Morgan fingerprint density at radius 3 is 3.00 bits per heavy atom. The Labute approximate surface area is 89.3 Å². The Morgan fingerprint density at radius 2 is 2.27 bits per heavy atom. The van der Waals surface area contributed by atoms with Gasteiger partial charge in [0, 0.05) is 18.7 Å². The second-order valence-corrected chi connectivity index (χ2v) is 3.93. The average molecular weight is 205 g/mol. The van der Waals surface area contributed by atoms with E-state index in [0.717, 1.165) is 29.7 Å². The molecular formula is C12H15NO2. The maximum Gasteiger partial charge on any atom is 0.254 e. The van der Waals surface area contributed by atoms with E-state index in [1.54, 1.807) is 4.90 Å². The molecule has 0 spiro atoms. The summed E-state index contributed by atoms with van der Waals surface area (Å²) in [5.41, 5.74) is 3.03. The van der Waals surface area contributed by atoms with Crippen molar-refractivity contribution < 1.29 is 9.90 Å². The van der Waals surface area contributed by atoms with Gasteiger partial charge in [-0.3, -0.25) is 4.79 Å². The van der Waals surface area contributed by atoms with Crippen LogP contribution in [0.1, 0.15) is 21.5 Å². The van der Waals surface area contributed by atoms with Gasteiger partial charge in [-0.15, -0.1) is 0 Å². The predicted octanol–water partition coefficient (Wildman–Crippen LogP) is 0.986. The highest BCUT2D eigenvalue weighted by molar-refractivity contribution is 5.96. The van der Waals surface area contributed by atoms with Crippen LogP contribution in [0.25, 0.3) is 0 Å². The molecule has 1 N–H and O–H groups in total. The molecular weight excluding hydrogens is 190 g/mol. The first-order valence-electron chi connectivity index (χ1n) is 5.22. The molecule has 3 heteroatoms. The Bertz CT molecular complexity index is 387. The summed E-state index contributed by atoms with van der Waals surface area (Å²) in [4.78, 5) is 13.7. The molecule has 3 nitrogen and oxygen atoms in total. The van der Waals surface area contributed by atoms with Crippen molar-refractivity contribution in [2.24, 2.45) is 0 Å². The Balaban J connectivity index is 2.32. The fourth-order valence-corrected chi connectivity index (χ4v) is 1.97. The third-order valence-corrected chi connectivity index (χ3v) is 2.80. The molecule has 1 aromatic carbocycles. The van der Waals surface area contributed by atoms with Crippen LogP contribution < -0.4 is 0 Å². The number of amides is 1. The maximum atomic E-state index is 12.0. The molecule has 1 amide bonds. The van der Waals surface area contributed by atoms with E-state index in [1.165, 1.54) is 0 Å². The van der Waals surface area contributed by atoms with Crippen LogP contribution in [0, 0.1) is 6.92 Å². The molecule has 15 heavy (non-hydrogen) atoms. The highest BCUT2D eigenvalue weighted by Crippen LogP contribution is 2.19. The zero-order valence-electron chi connectivity index (χ0n) is 8.86. The third-order valence-electron chi connectivity index (χ3n) is 2.80. The summed E-state index contributed by atoms with van der Waals surface area (Å²) in [6.45, 7) is 3.17. The van der Waals surface area contributed by atoms with E-state index >= 15 is 0 Å². The normalized spacial score (nSPS) is 15.3. The summed E-state index contributed by atoms with van der Waals surface area (Å²) < 4.78 is 0. The lowest BCUT2D eigenvalue weighted by atomic mass is 9.97. The lowest BCUT2D eigenvalue weighted by Crippen LogP contribution is -2.39. The second-order valence-electron chi connectivity index (χ2n) is 3.93. The predicted molar refractivity (Wildman–Crippen MR) is 57.9 cm³/mol. The highest BCUT2D eigenvalue weighted by atomic mass is 16.3. The minimum Gasteiger partial charge on any atom is -0.395 e. The topological polar surface area (TPSA) is 40.5 Å². The number of nitrogens with zero attached hydrogens (tertiary/aromatic N) is 1. The van der Waals surface area contributed by atoms with E-state index in [-0.39, 0.29) is 12.5 Å². The highest BCUT2D eigenvalue weighted by Gasteiger charge is 2.23. The number of rotatable bonds is 2. The molecule has 0 atom stereocenters. The summed E-state index contributed by atoms with van der Waals surface area (Å²) in [6, 6.07) is 5.99. The molecule has 0 aliphatic carbocycles. The van der Waals surface area contributed by atoms with Crippen LogP contribution in [-0.2, 0) is 6.42 Å². The molecule has 0 fully saturated rings. The van der Waals surface area contributed by atoms with Gasteiger partial charge in [0.2, 0.25) is 0 Å².